The zero-order valence-corrected chi connectivity index (χ0v) is 20.3. The van der Waals surface area contributed by atoms with Crippen LogP contribution in [0.3, 0.4) is 0 Å². The summed E-state index contributed by atoms with van der Waals surface area (Å²) < 4.78 is 38.1. The maximum atomic E-state index is 13.5. The van der Waals surface area contributed by atoms with Gasteiger partial charge in [-0.1, -0.05) is 41.4 Å². The Morgan fingerprint density at radius 3 is 2.32 bits per heavy atom. The summed E-state index contributed by atoms with van der Waals surface area (Å²) in [5.41, 5.74) is 1.41. The highest BCUT2D eigenvalue weighted by molar-refractivity contribution is 7.92. The molecule has 0 radical (unpaired) electrons. The molecular formula is C24H23ClN2O6S. The van der Waals surface area contributed by atoms with Crippen molar-refractivity contribution in [1.29, 1.82) is 0 Å². The van der Waals surface area contributed by atoms with E-state index in [0.717, 1.165) is 9.87 Å². The summed E-state index contributed by atoms with van der Waals surface area (Å²) in [6.07, 6.45) is 0. The van der Waals surface area contributed by atoms with E-state index in [1.165, 1.54) is 44.6 Å². The smallest absolute Gasteiger partial charge is 0.339 e. The van der Waals surface area contributed by atoms with E-state index in [0.29, 0.717) is 0 Å². The maximum Gasteiger partial charge on any atom is 0.339 e. The summed E-state index contributed by atoms with van der Waals surface area (Å²) in [4.78, 5) is 24.9. The second-order valence-corrected chi connectivity index (χ2v) is 9.50. The number of hydrogen-bond donors (Lipinski definition) is 1. The first-order valence-corrected chi connectivity index (χ1v) is 11.9. The van der Waals surface area contributed by atoms with Crippen molar-refractivity contribution < 1.29 is 27.5 Å². The molecule has 0 bridgehead atoms. The first-order valence-electron chi connectivity index (χ1n) is 10.1. The number of rotatable bonds is 8. The summed E-state index contributed by atoms with van der Waals surface area (Å²) in [7, 11) is -1.50. The highest BCUT2D eigenvalue weighted by Crippen LogP contribution is 2.32. The minimum Gasteiger partial charge on any atom is -0.495 e. The van der Waals surface area contributed by atoms with E-state index in [4.69, 9.17) is 16.3 Å². The van der Waals surface area contributed by atoms with Gasteiger partial charge in [0.05, 0.1) is 35.4 Å². The Balaban J connectivity index is 1.97. The van der Waals surface area contributed by atoms with Crippen LogP contribution in [0.5, 0.6) is 5.75 Å². The Labute approximate surface area is 203 Å². The van der Waals surface area contributed by atoms with Crippen LogP contribution < -0.4 is 14.4 Å². The third-order valence-corrected chi connectivity index (χ3v) is 7.01. The molecule has 178 valence electrons. The van der Waals surface area contributed by atoms with Gasteiger partial charge in [-0.05, 0) is 49.4 Å². The zero-order valence-electron chi connectivity index (χ0n) is 18.7. The van der Waals surface area contributed by atoms with E-state index in [-0.39, 0.29) is 32.6 Å². The Bertz CT molecular complexity index is 1310. The van der Waals surface area contributed by atoms with Gasteiger partial charge < -0.3 is 14.8 Å². The van der Waals surface area contributed by atoms with Crippen LogP contribution in [0.2, 0.25) is 5.02 Å². The molecule has 0 atom stereocenters. The molecule has 8 nitrogen and oxygen atoms in total. The summed E-state index contributed by atoms with van der Waals surface area (Å²) in [5, 5.41) is 2.76. The number of amides is 1. The third kappa shape index (κ3) is 5.49. The van der Waals surface area contributed by atoms with Crippen molar-refractivity contribution in [1.82, 2.24) is 0 Å². The van der Waals surface area contributed by atoms with Gasteiger partial charge in [0.25, 0.3) is 10.0 Å². The number of hydrogen-bond acceptors (Lipinski definition) is 6. The van der Waals surface area contributed by atoms with Crippen LogP contribution in [0.15, 0.2) is 71.6 Å². The second-order valence-electron chi connectivity index (χ2n) is 7.23. The van der Waals surface area contributed by atoms with Gasteiger partial charge in [0.1, 0.15) is 12.3 Å². The van der Waals surface area contributed by atoms with Gasteiger partial charge in [0.15, 0.2) is 0 Å². The molecule has 3 aromatic rings. The molecule has 1 amide bonds. The number of nitrogens with zero attached hydrogens (tertiary/aromatic N) is 1. The number of ether oxygens (including phenoxy) is 2. The molecule has 0 aliphatic rings. The number of carbonyl (C=O) groups is 2. The lowest BCUT2D eigenvalue weighted by Gasteiger charge is -2.25. The fraction of sp³-hybridized carbons (Fsp3) is 0.167. The van der Waals surface area contributed by atoms with Crippen LogP contribution in [-0.4, -0.2) is 41.1 Å². The van der Waals surface area contributed by atoms with Gasteiger partial charge in [-0.15, -0.1) is 0 Å². The van der Waals surface area contributed by atoms with Crippen LogP contribution in [0.1, 0.15) is 15.9 Å². The molecule has 3 aromatic carbocycles. The number of anilines is 2. The summed E-state index contributed by atoms with van der Waals surface area (Å²) in [6.45, 7) is 1.29. The first kappa shape index (κ1) is 25.1. The van der Waals surface area contributed by atoms with E-state index in [1.54, 1.807) is 36.4 Å². The number of benzene rings is 3. The van der Waals surface area contributed by atoms with E-state index < -0.39 is 28.4 Å². The molecule has 0 heterocycles. The van der Waals surface area contributed by atoms with Gasteiger partial charge in [0.2, 0.25) is 5.91 Å². The fourth-order valence-corrected chi connectivity index (χ4v) is 4.80. The Kier molecular flexibility index (Phi) is 7.80. The molecular weight excluding hydrogens is 480 g/mol. The predicted molar refractivity (Wildman–Crippen MR) is 130 cm³/mol. The molecule has 0 aliphatic carbocycles. The molecule has 0 saturated carbocycles. The monoisotopic (exact) mass is 502 g/mol. The average Bonchev–Trinajstić information content (AvgIpc) is 2.83. The Morgan fingerprint density at radius 2 is 1.68 bits per heavy atom. The number of esters is 1. The van der Waals surface area contributed by atoms with Crippen molar-refractivity contribution in [2.75, 3.05) is 30.4 Å². The van der Waals surface area contributed by atoms with Gasteiger partial charge in [-0.2, -0.15) is 0 Å². The summed E-state index contributed by atoms with van der Waals surface area (Å²) in [6, 6.07) is 17.1. The minimum atomic E-state index is -4.13. The van der Waals surface area contributed by atoms with Crippen molar-refractivity contribution in [2.24, 2.45) is 0 Å². The number of nitrogens with one attached hydrogen (secondary N) is 1. The maximum absolute atomic E-state index is 13.5. The molecule has 0 spiro atoms. The number of para-hydroxylation sites is 2. The molecule has 3 rings (SSSR count). The highest BCUT2D eigenvalue weighted by atomic mass is 35.5. The van der Waals surface area contributed by atoms with E-state index >= 15 is 0 Å². The number of methoxy groups -OCH3 is 2. The molecule has 1 N–H and O–H groups in total. The topological polar surface area (TPSA) is 102 Å². The largest absolute Gasteiger partial charge is 0.495 e. The summed E-state index contributed by atoms with van der Waals surface area (Å²) in [5.74, 6) is -1.02. The molecule has 0 unspecified atom stereocenters. The normalized spacial score (nSPS) is 10.9. The van der Waals surface area contributed by atoms with Crippen LogP contribution >= 0.6 is 11.6 Å². The highest BCUT2D eigenvalue weighted by Gasteiger charge is 2.29. The molecule has 0 saturated heterocycles. The SMILES string of the molecule is COC(=O)c1cc(NC(=O)CN(c2ccccc2OC)S(=O)(=O)c2ccc(C)cc2)ccc1Cl. The number of sulfonamides is 1. The lowest BCUT2D eigenvalue weighted by atomic mass is 10.2. The molecule has 34 heavy (non-hydrogen) atoms. The first-order chi connectivity index (χ1) is 16.2. The van der Waals surface area contributed by atoms with E-state index in [9.17, 15) is 18.0 Å². The molecule has 0 aromatic heterocycles. The van der Waals surface area contributed by atoms with Gasteiger partial charge in [-0.25, -0.2) is 13.2 Å². The second kappa shape index (κ2) is 10.6. The predicted octanol–water partition coefficient (Wildman–Crippen LogP) is 4.28. The van der Waals surface area contributed by atoms with Crippen molar-refractivity contribution in [2.45, 2.75) is 11.8 Å². The number of carbonyl (C=O) groups excluding carboxylic acids is 2. The van der Waals surface area contributed by atoms with Crippen LogP contribution in [-0.2, 0) is 19.6 Å². The van der Waals surface area contributed by atoms with Crippen molar-refractivity contribution >= 4 is 44.9 Å². The molecule has 0 aliphatic heterocycles. The van der Waals surface area contributed by atoms with Gasteiger partial charge in [0, 0.05) is 5.69 Å². The van der Waals surface area contributed by atoms with Crippen LogP contribution in [0.25, 0.3) is 0 Å². The average molecular weight is 503 g/mol. The molecule has 10 heteroatoms. The quantitative estimate of drug-likeness (QED) is 0.461. The number of aryl methyl sites for hydroxylation is 1. The van der Waals surface area contributed by atoms with Crippen LogP contribution in [0, 0.1) is 6.92 Å². The minimum absolute atomic E-state index is 0.0243. The van der Waals surface area contributed by atoms with Crippen molar-refractivity contribution in [3.05, 3.63) is 82.9 Å². The van der Waals surface area contributed by atoms with E-state index in [1.807, 2.05) is 6.92 Å². The number of halogens is 1. The lowest BCUT2D eigenvalue weighted by molar-refractivity contribution is -0.114. The van der Waals surface area contributed by atoms with Crippen LogP contribution in [0.4, 0.5) is 11.4 Å². The van der Waals surface area contributed by atoms with Crippen molar-refractivity contribution in [3.8, 4) is 5.75 Å². The lowest BCUT2D eigenvalue weighted by Crippen LogP contribution is -2.38. The van der Waals surface area contributed by atoms with Gasteiger partial charge >= 0.3 is 5.97 Å². The Morgan fingerprint density at radius 1 is 1.00 bits per heavy atom. The zero-order chi connectivity index (χ0) is 24.9. The standard InChI is InChI=1S/C24H23ClN2O6S/c1-16-8-11-18(12-9-16)34(30,31)27(21-6-4-5-7-22(21)32-2)15-23(28)26-17-10-13-20(25)19(14-17)24(29)33-3/h4-14H,15H2,1-3H3,(H,26,28). The summed E-state index contributed by atoms with van der Waals surface area (Å²) >= 11 is 6.03. The van der Waals surface area contributed by atoms with Crippen molar-refractivity contribution in [3.63, 3.8) is 0 Å². The van der Waals surface area contributed by atoms with Gasteiger partial charge in [-0.3, -0.25) is 9.10 Å². The fourth-order valence-electron chi connectivity index (χ4n) is 3.17. The third-order valence-electron chi connectivity index (χ3n) is 4.91. The molecule has 0 fully saturated rings. The van der Waals surface area contributed by atoms with E-state index in [2.05, 4.69) is 10.1 Å². The Hall–Kier alpha value is -3.56.